The summed E-state index contributed by atoms with van der Waals surface area (Å²) in [5.41, 5.74) is 3.40. The number of rotatable bonds is 3. The molecule has 3 aromatic rings. The highest BCUT2D eigenvalue weighted by atomic mass is 35.5. The zero-order valence-corrected chi connectivity index (χ0v) is 12.6. The molecule has 0 spiro atoms. The van der Waals surface area contributed by atoms with E-state index in [-0.39, 0.29) is 11.6 Å². The Morgan fingerprint density at radius 2 is 1.91 bits per heavy atom. The van der Waals surface area contributed by atoms with Gasteiger partial charge in [0.15, 0.2) is 5.76 Å². The molecular formula is C17H13ClFNO2. The SMILES string of the molecule is Cc1ccc(-c2onc(-c3ccc(F)cc3Cl)c2CO)cc1. The minimum atomic E-state index is -0.429. The lowest BCUT2D eigenvalue weighted by Crippen LogP contribution is -1.90. The topological polar surface area (TPSA) is 46.3 Å². The van der Waals surface area contributed by atoms with Crippen molar-refractivity contribution in [2.75, 3.05) is 0 Å². The van der Waals surface area contributed by atoms with E-state index in [1.165, 1.54) is 18.2 Å². The molecule has 2 aromatic carbocycles. The summed E-state index contributed by atoms with van der Waals surface area (Å²) in [7, 11) is 0. The fourth-order valence-corrected chi connectivity index (χ4v) is 2.54. The number of hydrogen-bond acceptors (Lipinski definition) is 3. The zero-order valence-electron chi connectivity index (χ0n) is 11.8. The summed E-state index contributed by atoms with van der Waals surface area (Å²) in [5, 5.41) is 13.9. The molecule has 0 saturated heterocycles. The maximum absolute atomic E-state index is 13.2. The van der Waals surface area contributed by atoms with Crippen LogP contribution >= 0.6 is 11.6 Å². The Balaban J connectivity index is 2.13. The summed E-state index contributed by atoms with van der Waals surface area (Å²) in [6, 6.07) is 11.7. The van der Waals surface area contributed by atoms with Gasteiger partial charge in [-0.05, 0) is 25.1 Å². The quantitative estimate of drug-likeness (QED) is 0.767. The maximum Gasteiger partial charge on any atom is 0.173 e. The Labute approximate surface area is 132 Å². The second kappa shape index (κ2) is 5.91. The number of aliphatic hydroxyl groups excluding tert-OH is 1. The third kappa shape index (κ3) is 2.63. The van der Waals surface area contributed by atoms with Crippen LogP contribution in [0.1, 0.15) is 11.1 Å². The summed E-state index contributed by atoms with van der Waals surface area (Å²) in [5.74, 6) is 0.0550. The smallest absolute Gasteiger partial charge is 0.173 e. The summed E-state index contributed by atoms with van der Waals surface area (Å²) in [4.78, 5) is 0. The highest BCUT2D eigenvalue weighted by Crippen LogP contribution is 2.35. The first kappa shape index (κ1) is 14.8. The van der Waals surface area contributed by atoms with Crippen molar-refractivity contribution in [3.05, 3.63) is 64.4 Å². The summed E-state index contributed by atoms with van der Waals surface area (Å²) in [6.45, 7) is 1.73. The molecule has 0 bridgehead atoms. The van der Waals surface area contributed by atoms with Crippen LogP contribution in [0.5, 0.6) is 0 Å². The van der Waals surface area contributed by atoms with Crippen LogP contribution in [-0.4, -0.2) is 10.3 Å². The van der Waals surface area contributed by atoms with Crippen molar-refractivity contribution < 1.29 is 14.0 Å². The lowest BCUT2D eigenvalue weighted by molar-refractivity contribution is 0.281. The van der Waals surface area contributed by atoms with Gasteiger partial charge in [0, 0.05) is 11.1 Å². The molecule has 0 aliphatic heterocycles. The molecule has 3 nitrogen and oxygen atoms in total. The van der Waals surface area contributed by atoms with Gasteiger partial charge in [-0.15, -0.1) is 0 Å². The van der Waals surface area contributed by atoms with Crippen LogP contribution in [0.3, 0.4) is 0 Å². The van der Waals surface area contributed by atoms with E-state index in [1.54, 1.807) is 0 Å². The van der Waals surface area contributed by atoms with E-state index in [4.69, 9.17) is 16.1 Å². The van der Waals surface area contributed by atoms with Gasteiger partial charge in [0.25, 0.3) is 0 Å². The van der Waals surface area contributed by atoms with Crippen molar-refractivity contribution in [1.82, 2.24) is 5.16 Å². The lowest BCUT2D eigenvalue weighted by atomic mass is 10.0. The van der Waals surface area contributed by atoms with Gasteiger partial charge < -0.3 is 9.63 Å². The molecule has 0 saturated carbocycles. The Hall–Kier alpha value is -2.17. The van der Waals surface area contributed by atoms with Crippen LogP contribution in [0.15, 0.2) is 47.0 Å². The van der Waals surface area contributed by atoms with Crippen molar-refractivity contribution in [3.8, 4) is 22.6 Å². The molecular weight excluding hydrogens is 305 g/mol. The third-order valence-electron chi connectivity index (χ3n) is 3.45. The minimum Gasteiger partial charge on any atom is -0.391 e. The molecule has 0 atom stereocenters. The number of hydrogen-bond donors (Lipinski definition) is 1. The van der Waals surface area contributed by atoms with Gasteiger partial charge in [-0.25, -0.2) is 4.39 Å². The first-order valence-corrected chi connectivity index (χ1v) is 7.10. The molecule has 112 valence electrons. The fraction of sp³-hybridized carbons (Fsp3) is 0.118. The van der Waals surface area contributed by atoms with Gasteiger partial charge in [-0.1, -0.05) is 46.6 Å². The standard InChI is InChI=1S/C17H13ClFNO2/c1-10-2-4-11(5-3-10)17-14(9-21)16(20-22-17)13-7-6-12(19)8-15(13)18/h2-8,21H,9H2,1H3. The number of aromatic nitrogens is 1. The predicted octanol–water partition coefficient (Wildman–Crippen LogP) is 4.60. The van der Waals surface area contributed by atoms with Crippen molar-refractivity contribution in [1.29, 1.82) is 0 Å². The molecule has 3 rings (SSSR count). The van der Waals surface area contributed by atoms with Gasteiger partial charge in [0.1, 0.15) is 11.5 Å². The van der Waals surface area contributed by atoms with Crippen LogP contribution in [0, 0.1) is 12.7 Å². The second-order valence-electron chi connectivity index (χ2n) is 4.99. The normalized spacial score (nSPS) is 10.9. The fourth-order valence-electron chi connectivity index (χ4n) is 2.28. The first-order valence-electron chi connectivity index (χ1n) is 6.72. The van der Waals surface area contributed by atoms with Crippen molar-refractivity contribution >= 4 is 11.6 Å². The van der Waals surface area contributed by atoms with Crippen LogP contribution in [0.25, 0.3) is 22.6 Å². The summed E-state index contributed by atoms with van der Waals surface area (Å²) < 4.78 is 18.6. The van der Waals surface area contributed by atoms with Gasteiger partial charge in [-0.3, -0.25) is 0 Å². The highest BCUT2D eigenvalue weighted by molar-refractivity contribution is 6.33. The summed E-state index contributed by atoms with van der Waals surface area (Å²) >= 11 is 6.07. The molecule has 0 fully saturated rings. The maximum atomic E-state index is 13.2. The van der Waals surface area contributed by atoms with Crippen LogP contribution in [0.2, 0.25) is 5.02 Å². The molecule has 0 amide bonds. The van der Waals surface area contributed by atoms with Gasteiger partial charge >= 0.3 is 0 Å². The number of aliphatic hydroxyl groups is 1. The van der Waals surface area contributed by atoms with Crippen LogP contribution in [-0.2, 0) is 6.61 Å². The van der Waals surface area contributed by atoms with Crippen molar-refractivity contribution in [3.63, 3.8) is 0 Å². The Kier molecular flexibility index (Phi) is 3.96. The van der Waals surface area contributed by atoms with Gasteiger partial charge in [-0.2, -0.15) is 0 Å². The number of benzene rings is 2. The monoisotopic (exact) mass is 317 g/mol. The van der Waals surface area contributed by atoms with E-state index < -0.39 is 5.82 Å². The van der Waals surface area contributed by atoms with E-state index in [1.807, 2.05) is 31.2 Å². The Bertz CT molecular complexity index is 812. The molecule has 22 heavy (non-hydrogen) atoms. The molecule has 0 aliphatic rings. The molecule has 1 N–H and O–H groups in total. The molecule has 0 aliphatic carbocycles. The summed E-state index contributed by atoms with van der Waals surface area (Å²) in [6.07, 6.45) is 0. The molecule has 0 unspecified atom stereocenters. The van der Waals surface area contributed by atoms with E-state index in [2.05, 4.69) is 5.16 Å². The van der Waals surface area contributed by atoms with E-state index in [0.717, 1.165) is 11.1 Å². The highest BCUT2D eigenvalue weighted by Gasteiger charge is 2.20. The van der Waals surface area contributed by atoms with E-state index in [0.29, 0.717) is 22.6 Å². The predicted molar refractivity (Wildman–Crippen MR) is 83.0 cm³/mol. The van der Waals surface area contributed by atoms with Crippen LogP contribution in [0.4, 0.5) is 4.39 Å². The van der Waals surface area contributed by atoms with Crippen molar-refractivity contribution in [2.45, 2.75) is 13.5 Å². The second-order valence-corrected chi connectivity index (χ2v) is 5.39. The molecule has 5 heteroatoms. The average molecular weight is 318 g/mol. The van der Waals surface area contributed by atoms with E-state index >= 15 is 0 Å². The molecule has 1 heterocycles. The number of nitrogens with zero attached hydrogens (tertiary/aromatic N) is 1. The largest absolute Gasteiger partial charge is 0.391 e. The zero-order chi connectivity index (χ0) is 15.7. The molecule has 0 radical (unpaired) electrons. The number of halogens is 2. The van der Waals surface area contributed by atoms with Gasteiger partial charge in [0.2, 0.25) is 0 Å². The minimum absolute atomic E-state index is 0.221. The van der Waals surface area contributed by atoms with Crippen molar-refractivity contribution in [2.24, 2.45) is 0 Å². The Morgan fingerprint density at radius 3 is 2.55 bits per heavy atom. The van der Waals surface area contributed by atoms with Gasteiger partial charge in [0.05, 0.1) is 17.2 Å². The number of aryl methyl sites for hydroxylation is 1. The average Bonchev–Trinajstić information content (AvgIpc) is 2.91. The molecule has 1 aromatic heterocycles. The third-order valence-corrected chi connectivity index (χ3v) is 3.76. The van der Waals surface area contributed by atoms with Crippen LogP contribution < -0.4 is 0 Å². The lowest BCUT2D eigenvalue weighted by Gasteiger charge is -2.04. The van der Waals surface area contributed by atoms with E-state index in [9.17, 15) is 9.50 Å². The first-order chi connectivity index (χ1) is 10.6. The Morgan fingerprint density at radius 1 is 1.18 bits per heavy atom.